The van der Waals surface area contributed by atoms with Gasteiger partial charge in [-0.25, -0.2) is 4.99 Å². The molecule has 1 heterocycles. The number of para-hydroxylation sites is 2. The van der Waals surface area contributed by atoms with Gasteiger partial charge in [0.05, 0.1) is 10.6 Å². The van der Waals surface area contributed by atoms with Crippen molar-refractivity contribution in [2.24, 2.45) is 4.99 Å². The average molecular weight is 537 g/mol. The molecule has 0 spiro atoms. The second-order valence-electron chi connectivity index (χ2n) is 8.45. The van der Waals surface area contributed by atoms with E-state index in [-0.39, 0.29) is 29.2 Å². The Balaban J connectivity index is 1.60. The van der Waals surface area contributed by atoms with Crippen LogP contribution in [-0.2, 0) is 16.5 Å². The summed E-state index contributed by atoms with van der Waals surface area (Å²) >= 11 is 0. The summed E-state index contributed by atoms with van der Waals surface area (Å²) in [5, 5.41) is 6.36. The van der Waals surface area contributed by atoms with Crippen LogP contribution in [0.3, 0.4) is 0 Å². The van der Waals surface area contributed by atoms with Crippen molar-refractivity contribution < 1.29 is 13.0 Å². The summed E-state index contributed by atoms with van der Waals surface area (Å²) in [5.41, 5.74) is 3.22. The van der Waals surface area contributed by atoms with Gasteiger partial charge in [-0.15, -0.1) is 0 Å². The normalized spacial score (nSPS) is 11.7. The fraction of sp³-hybridized carbons (Fsp3) is 0.0345. The highest BCUT2D eigenvalue weighted by molar-refractivity contribution is 7.85. The molecule has 0 amide bonds. The summed E-state index contributed by atoms with van der Waals surface area (Å²) in [6.45, 7) is 0. The Hall–Kier alpha value is -4.93. The van der Waals surface area contributed by atoms with Crippen molar-refractivity contribution in [3.63, 3.8) is 0 Å². The van der Waals surface area contributed by atoms with Crippen molar-refractivity contribution in [3.8, 4) is 0 Å². The minimum absolute atomic E-state index is 0.106. The lowest BCUT2D eigenvalue weighted by Gasteiger charge is -2.12. The van der Waals surface area contributed by atoms with Crippen molar-refractivity contribution in [3.05, 3.63) is 126 Å². The van der Waals surface area contributed by atoms with E-state index in [2.05, 4.69) is 25.6 Å². The fourth-order valence-corrected chi connectivity index (χ4v) is 4.59. The van der Waals surface area contributed by atoms with E-state index in [1.54, 1.807) is 18.2 Å². The Morgan fingerprint density at radius 1 is 0.667 bits per heavy atom. The lowest BCUT2D eigenvalue weighted by molar-refractivity contribution is 0.482. The zero-order chi connectivity index (χ0) is 27.1. The van der Waals surface area contributed by atoms with E-state index < -0.39 is 10.1 Å². The molecule has 0 aliphatic rings. The predicted octanol–water partition coefficient (Wildman–Crippen LogP) is 5.97. The van der Waals surface area contributed by atoms with E-state index >= 15 is 0 Å². The number of aliphatic imine (C=N–C) groups is 1. The monoisotopic (exact) mass is 536 g/mol. The molecule has 39 heavy (non-hydrogen) atoms. The molecule has 9 nitrogen and oxygen atoms in total. The first-order valence-electron chi connectivity index (χ1n) is 12.0. The van der Waals surface area contributed by atoms with Gasteiger partial charge in [-0.3, -0.25) is 4.55 Å². The molecular formula is C29H24N6O3S. The van der Waals surface area contributed by atoms with Gasteiger partial charge >= 0.3 is 0 Å². The molecule has 0 saturated heterocycles. The Labute approximate surface area is 226 Å². The Morgan fingerprint density at radius 2 is 1.15 bits per heavy atom. The van der Waals surface area contributed by atoms with E-state index in [4.69, 9.17) is 4.99 Å². The van der Waals surface area contributed by atoms with Crippen LogP contribution in [0.15, 0.2) is 125 Å². The summed E-state index contributed by atoms with van der Waals surface area (Å²) < 4.78 is 33.8. The molecule has 4 aromatic carbocycles. The molecule has 0 bridgehead atoms. The fourth-order valence-electron chi connectivity index (χ4n) is 3.87. The van der Waals surface area contributed by atoms with Crippen LogP contribution in [0, 0.1) is 0 Å². The molecule has 0 aliphatic carbocycles. The molecule has 0 radical (unpaired) electrons. The first-order chi connectivity index (χ1) is 18.9. The van der Waals surface area contributed by atoms with Crippen LogP contribution in [0.25, 0.3) is 0 Å². The molecule has 1 aromatic heterocycles. The van der Waals surface area contributed by atoms with Crippen molar-refractivity contribution in [1.29, 1.82) is 0 Å². The van der Waals surface area contributed by atoms with Gasteiger partial charge in [0, 0.05) is 17.8 Å². The molecule has 5 rings (SSSR count). The number of nitrogens with zero attached hydrogens (tertiary/aromatic N) is 4. The number of anilines is 4. The third-order valence-electron chi connectivity index (χ3n) is 5.63. The quantitative estimate of drug-likeness (QED) is 0.155. The minimum Gasteiger partial charge on any atom is -0.324 e. The van der Waals surface area contributed by atoms with Crippen molar-refractivity contribution in [2.75, 3.05) is 10.6 Å². The van der Waals surface area contributed by atoms with E-state index in [9.17, 15) is 13.0 Å². The third-order valence-corrected chi connectivity index (χ3v) is 6.59. The Morgan fingerprint density at radius 3 is 1.69 bits per heavy atom. The molecule has 194 valence electrons. The Bertz CT molecular complexity index is 1640. The summed E-state index contributed by atoms with van der Waals surface area (Å²) in [7, 11) is -4.43. The molecule has 0 aliphatic heterocycles. The molecule has 0 fully saturated rings. The van der Waals surface area contributed by atoms with Crippen LogP contribution < -0.4 is 10.6 Å². The average Bonchev–Trinajstić information content (AvgIpc) is 2.94. The molecule has 5 aromatic rings. The van der Waals surface area contributed by atoms with Crippen molar-refractivity contribution in [1.82, 2.24) is 15.0 Å². The van der Waals surface area contributed by atoms with Gasteiger partial charge in [0.1, 0.15) is 0 Å². The summed E-state index contributed by atoms with van der Waals surface area (Å²) in [5.74, 6) is 0.670. The number of hydrogen-bond acceptors (Lipinski definition) is 8. The van der Waals surface area contributed by atoms with Crippen LogP contribution in [0.1, 0.15) is 11.1 Å². The maximum Gasteiger partial charge on any atom is 0.294 e. The van der Waals surface area contributed by atoms with E-state index in [1.165, 1.54) is 6.07 Å². The van der Waals surface area contributed by atoms with Gasteiger partial charge in [0.25, 0.3) is 16.1 Å². The topological polar surface area (TPSA) is 129 Å². The summed E-state index contributed by atoms with van der Waals surface area (Å²) in [4.78, 5) is 18.1. The number of nitrogens with one attached hydrogen (secondary N) is 2. The maximum atomic E-state index is 12.0. The van der Waals surface area contributed by atoms with E-state index in [1.807, 2.05) is 91.0 Å². The zero-order valence-electron chi connectivity index (χ0n) is 20.6. The van der Waals surface area contributed by atoms with Crippen molar-refractivity contribution >= 4 is 45.0 Å². The standard InChI is InChI=1S/C29H24N6O3S/c36-39(37,38)26-19-11-10-14-22(26)20-25(21-12-4-1-5-13-21)32-29-34-27(30-23-15-6-2-7-16-23)33-28(35-29)31-24-17-8-3-9-18-24/h1-19H,20H2,(H,36,37,38)(H2,30,31,33,34,35). The molecule has 0 saturated carbocycles. The SMILES string of the molecule is O=S(=O)(O)c1ccccc1CC(=Nc1nc(Nc2ccccc2)nc(Nc2ccccc2)n1)c1ccccc1. The Kier molecular flexibility index (Phi) is 7.67. The largest absolute Gasteiger partial charge is 0.324 e. The smallest absolute Gasteiger partial charge is 0.294 e. The molecule has 0 unspecified atom stereocenters. The van der Waals surface area contributed by atoms with Gasteiger partial charge in [-0.05, 0) is 41.5 Å². The second kappa shape index (κ2) is 11.6. The van der Waals surface area contributed by atoms with Gasteiger partial charge in [-0.2, -0.15) is 23.4 Å². The van der Waals surface area contributed by atoms with Crippen LogP contribution in [0.5, 0.6) is 0 Å². The first-order valence-corrected chi connectivity index (χ1v) is 13.5. The predicted molar refractivity (Wildman–Crippen MR) is 152 cm³/mol. The summed E-state index contributed by atoms with van der Waals surface area (Å²) in [6, 6.07) is 34.5. The lowest BCUT2D eigenvalue weighted by atomic mass is 10.0. The second-order valence-corrected chi connectivity index (χ2v) is 9.84. The van der Waals surface area contributed by atoms with Gasteiger partial charge in [0.15, 0.2) is 0 Å². The van der Waals surface area contributed by atoms with Crippen molar-refractivity contribution in [2.45, 2.75) is 11.3 Å². The van der Waals surface area contributed by atoms with Crippen LogP contribution in [0.4, 0.5) is 29.2 Å². The minimum atomic E-state index is -4.43. The van der Waals surface area contributed by atoms with E-state index in [0.29, 0.717) is 11.3 Å². The van der Waals surface area contributed by atoms with E-state index in [0.717, 1.165) is 16.9 Å². The first kappa shape index (κ1) is 25.7. The van der Waals surface area contributed by atoms with Gasteiger partial charge in [0.2, 0.25) is 11.9 Å². The van der Waals surface area contributed by atoms with Crippen LogP contribution in [0.2, 0.25) is 0 Å². The maximum absolute atomic E-state index is 12.0. The lowest BCUT2D eigenvalue weighted by Crippen LogP contribution is -2.11. The number of aromatic nitrogens is 3. The molecule has 3 N–H and O–H groups in total. The highest BCUT2D eigenvalue weighted by atomic mass is 32.2. The molecule has 10 heteroatoms. The number of rotatable bonds is 9. The van der Waals surface area contributed by atoms with Crippen LogP contribution in [-0.4, -0.2) is 33.6 Å². The third kappa shape index (κ3) is 6.89. The van der Waals surface area contributed by atoms with Gasteiger partial charge in [-0.1, -0.05) is 84.9 Å². The summed E-state index contributed by atoms with van der Waals surface area (Å²) in [6.07, 6.45) is 0.106. The van der Waals surface area contributed by atoms with Gasteiger partial charge < -0.3 is 10.6 Å². The zero-order valence-corrected chi connectivity index (χ0v) is 21.5. The molecule has 0 atom stereocenters. The highest BCUT2D eigenvalue weighted by Crippen LogP contribution is 2.23. The number of benzene rings is 4. The van der Waals surface area contributed by atoms with Crippen LogP contribution >= 0.6 is 0 Å². The molecular weight excluding hydrogens is 512 g/mol. The highest BCUT2D eigenvalue weighted by Gasteiger charge is 2.18. The number of hydrogen-bond donors (Lipinski definition) is 3.